The summed E-state index contributed by atoms with van der Waals surface area (Å²) in [6.45, 7) is -0.110. The van der Waals surface area contributed by atoms with Crippen LogP contribution in [0.4, 0.5) is 0 Å². The summed E-state index contributed by atoms with van der Waals surface area (Å²) in [4.78, 5) is 12.8. The highest BCUT2D eigenvalue weighted by molar-refractivity contribution is 7.89. The molecule has 0 aliphatic heterocycles. The quantitative estimate of drug-likeness (QED) is 0.176. The predicted molar refractivity (Wildman–Crippen MR) is 153 cm³/mol. The molecule has 0 atom stereocenters. The molecule has 0 aliphatic rings. The molecule has 0 bridgehead atoms. The Hall–Kier alpha value is -3.69. The number of carbonyl (C=O) groups is 1. The van der Waals surface area contributed by atoms with Crippen LogP contribution in [0.5, 0.6) is 5.75 Å². The summed E-state index contributed by atoms with van der Waals surface area (Å²) in [7, 11) is -4.03. The van der Waals surface area contributed by atoms with E-state index < -0.39 is 22.5 Å². The monoisotopic (exact) mass is 581 g/mol. The molecule has 0 aromatic heterocycles. The maximum Gasteiger partial charge on any atom is 0.255 e. The highest BCUT2D eigenvalue weighted by atomic mass is 35.5. The van der Waals surface area contributed by atoms with Crippen molar-refractivity contribution in [3.05, 3.63) is 130 Å². The highest BCUT2D eigenvalue weighted by Crippen LogP contribution is 2.22. The number of hydrazone groups is 1. The molecule has 4 aromatic carbocycles. The number of nitrogens with zero attached hydrogens (tertiary/aromatic N) is 2. The second-order valence-electron chi connectivity index (χ2n) is 8.50. The van der Waals surface area contributed by atoms with Crippen molar-refractivity contribution >= 4 is 45.3 Å². The summed E-state index contributed by atoms with van der Waals surface area (Å²) in [5.74, 6) is 0.0400. The van der Waals surface area contributed by atoms with Gasteiger partial charge in [-0.15, -0.1) is 0 Å². The van der Waals surface area contributed by atoms with Gasteiger partial charge in [-0.1, -0.05) is 77.8 Å². The second kappa shape index (κ2) is 13.4. The topological polar surface area (TPSA) is 88.1 Å². The minimum Gasteiger partial charge on any atom is -0.489 e. The Morgan fingerprint density at radius 1 is 0.846 bits per heavy atom. The van der Waals surface area contributed by atoms with Crippen LogP contribution in [0.25, 0.3) is 0 Å². The Morgan fingerprint density at radius 2 is 1.56 bits per heavy atom. The number of hydrogen-bond acceptors (Lipinski definition) is 5. The number of hydrogen-bond donors (Lipinski definition) is 1. The maximum atomic E-state index is 13.4. The zero-order chi connectivity index (χ0) is 27.7. The second-order valence-corrected chi connectivity index (χ2v) is 11.3. The molecule has 4 rings (SSSR count). The number of ether oxygens (including phenoxy) is 1. The molecule has 1 amide bonds. The van der Waals surface area contributed by atoms with Gasteiger partial charge in [0.05, 0.1) is 17.7 Å². The van der Waals surface area contributed by atoms with Gasteiger partial charge in [-0.3, -0.25) is 4.79 Å². The van der Waals surface area contributed by atoms with E-state index in [0.29, 0.717) is 33.5 Å². The predicted octanol–water partition coefficient (Wildman–Crippen LogP) is 5.91. The Balaban J connectivity index is 1.43. The van der Waals surface area contributed by atoms with Crippen molar-refractivity contribution < 1.29 is 17.9 Å². The van der Waals surface area contributed by atoms with E-state index in [4.69, 9.17) is 27.9 Å². The van der Waals surface area contributed by atoms with E-state index >= 15 is 0 Å². The molecular formula is C29H25Cl2N3O4S. The minimum atomic E-state index is -4.03. The minimum absolute atomic E-state index is 0.0116. The molecule has 0 aliphatic carbocycles. The molecule has 10 heteroatoms. The number of halogens is 2. The average molecular weight is 583 g/mol. The van der Waals surface area contributed by atoms with E-state index in [-0.39, 0.29) is 11.4 Å². The molecular weight excluding hydrogens is 557 g/mol. The van der Waals surface area contributed by atoms with E-state index in [1.54, 1.807) is 30.3 Å². The van der Waals surface area contributed by atoms with Crippen molar-refractivity contribution in [3.8, 4) is 5.75 Å². The summed E-state index contributed by atoms with van der Waals surface area (Å²) >= 11 is 12.0. The smallest absolute Gasteiger partial charge is 0.255 e. The highest BCUT2D eigenvalue weighted by Gasteiger charge is 2.27. The van der Waals surface area contributed by atoms with Crippen molar-refractivity contribution in [1.29, 1.82) is 0 Å². The van der Waals surface area contributed by atoms with Gasteiger partial charge in [0.15, 0.2) is 0 Å². The third-order valence-corrected chi connectivity index (χ3v) is 7.82. The standard InChI is InChI=1S/C29H25Cl2N3O4S/c30-25-12-14-28(15-13-25)39(36,37)34(19-24-9-4-10-26(31)16-24)20-29(35)33-32-18-23-8-5-11-27(17-23)38-21-22-6-2-1-3-7-22/h1-18H,19-21H2,(H,33,35)/b32-18-. The van der Waals surface area contributed by atoms with Gasteiger partial charge in [0.25, 0.3) is 5.91 Å². The average Bonchev–Trinajstić information content (AvgIpc) is 2.93. The number of benzene rings is 4. The summed E-state index contributed by atoms with van der Waals surface area (Å²) in [6, 6.07) is 29.6. The third kappa shape index (κ3) is 8.40. The first-order valence-electron chi connectivity index (χ1n) is 11.9. The van der Waals surface area contributed by atoms with Crippen LogP contribution in [-0.4, -0.2) is 31.4 Å². The first kappa shape index (κ1) is 28.3. The van der Waals surface area contributed by atoms with Gasteiger partial charge < -0.3 is 4.74 Å². The molecule has 0 fully saturated rings. The number of sulfonamides is 1. The third-order valence-electron chi connectivity index (χ3n) is 5.53. The van der Waals surface area contributed by atoms with E-state index in [1.807, 2.05) is 48.5 Å². The molecule has 4 aromatic rings. The Kier molecular flexibility index (Phi) is 9.73. The number of amides is 1. The normalized spacial score (nSPS) is 11.6. The molecule has 39 heavy (non-hydrogen) atoms. The number of nitrogens with one attached hydrogen (secondary N) is 1. The molecule has 0 spiro atoms. The Bertz CT molecular complexity index is 1550. The van der Waals surface area contributed by atoms with Crippen molar-refractivity contribution in [2.24, 2.45) is 5.10 Å². The molecule has 0 unspecified atom stereocenters. The number of carbonyl (C=O) groups excluding carboxylic acids is 1. The van der Waals surface area contributed by atoms with Crippen molar-refractivity contribution in [2.75, 3.05) is 6.54 Å². The van der Waals surface area contributed by atoms with E-state index in [1.165, 1.54) is 30.5 Å². The lowest BCUT2D eigenvalue weighted by Crippen LogP contribution is -2.39. The first-order valence-corrected chi connectivity index (χ1v) is 14.1. The van der Waals surface area contributed by atoms with Gasteiger partial charge in [-0.25, -0.2) is 13.8 Å². The molecule has 0 saturated carbocycles. The zero-order valence-electron chi connectivity index (χ0n) is 20.7. The summed E-state index contributed by atoms with van der Waals surface area (Å²) in [5.41, 5.74) is 4.77. The fourth-order valence-electron chi connectivity index (χ4n) is 3.62. The van der Waals surface area contributed by atoms with Gasteiger partial charge >= 0.3 is 0 Å². The van der Waals surface area contributed by atoms with Crippen LogP contribution in [0.15, 0.2) is 113 Å². The van der Waals surface area contributed by atoms with E-state index in [0.717, 1.165) is 9.87 Å². The number of rotatable bonds is 11. The first-order chi connectivity index (χ1) is 18.8. The molecule has 0 heterocycles. The van der Waals surface area contributed by atoms with Gasteiger partial charge in [0.2, 0.25) is 10.0 Å². The van der Waals surface area contributed by atoms with E-state index in [9.17, 15) is 13.2 Å². The van der Waals surface area contributed by atoms with Crippen LogP contribution >= 0.6 is 23.2 Å². The summed E-state index contributed by atoms with van der Waals surface area (Å²) < 4.78 is 33.7. The lowest BCUT2D eigenvalue weighted by atomic mass is 10.2. The summed E-state index contributed by atoms with van der Waals surface area (Å²) in [6.07, 6.45) is 1.46. The van der Waals surface area contributed by atoms with Crippen LogP contribution in [0.3, 0.4) is 0 Å². The lowest BCUT2D eigenvalue weighted by Gasteiger charge is -2.21. The van der Waals surface area contributed by atoms with Gasteiger partial charge in [0, 0.05) is 16.6 Å². The van der Waals surface area contributed by atoms with Gasteiger partial charge in [0.1, 0.15) is 12.4 Å². The SMILES string of the molecule is O=C(CN(Cc1cccc(Cl)c1)S(=O)(=O)c1ccc(Cl)cc1)N/N=C\c1cccc(OCc2ccccc2)c1. The van der Waals surface area contributed by atoms with E-state index in [2.05, 4.69) is 10.5 Å². The maximum absolute atomic E-state index is 13.4. The largest absolute Gasteiger partial charge is 0.489 e. The van der Waals surface area contributed by atoms with Crippen molar-refractivity contribution in [2.45, 2.75) is 18.0 Å². The molecule has 0 saturated heterocycles. The van der Waals surface area contributed by atoms with Crippen molar-refractivity contribution in [1.82, 2.24) is 9.73 Å². The van der Waals surface area contributed by atoms with Gasteiger partial charge in [-0.2, -0.15) is 9.41 Å². The van der Waals surface area contributed by atoms with Crippen LogP contribution < -0.4 is 10.2 Å². The van der Waals surface area contributed by atoms with Crippen LogP contribution in [0.1, 0.15) is 16.7 Å². The van der Waals surface area contributed by atoms with Crippen LogP contribution in [-0.2, 0) is 28.0 Å². The Labute approximate surface area is 237 Å². The fraction of sp³-hybridized carbons (Fsp3) is 0.103. The molecule has 1 N–H and O–H groups in total. The fourth-order valence-corrected chi connectivity index (χ4v) is 5.34. The zero-order valence-corrected chi connectivity index (χ0v) is 23.0. The Morgan fingerprint density at radius 3 is 2.31 bits per heavy atom. The van der Waals surface area contributed by atoms with Crippen LogP contribution in [0.2, 0.25) is 10.0 Å². The molecule has 7 nitrogen and oxygen atoms in total. The summed E-state index contributed by atoms with van der Waals surface area (Å²) in [5, 5.41) is 4.86. The lowest BCUT2D eigenvalue weighted by molar-refractivity contribution is -0.121. The van der Waals surface area contributed by atoms with Crippen molar-refractivity contribution in [3.63, 3.8) is 0 Å². The van der Waals surface area contributed by atoms with Gasteiger partial charge in [-0.05, 0) is 65.2 Å². The molecule has 0 radical (unpaired) electrons. The molecule has 200 valence electrons. The van der Waals surface area contributed by atoms with Crippen LogP contribution in [0, 0.1) is 0 Å².